The Hall–Kier alpha value is -0.130. The maximum atomic E-state index is 12.4. The molecule has 0 amide bonds. The number of nitrogens with zero attached hydrogens (tertiary/aromatic N) is 2. The molecule has 0 aromatic carbocycles. The predicted molar refractivity (Wildman–Crippen MR) is 69.8 cm³/mol. The molecule has 0 radical (unpaired) electrons. The molecular weight excluding hydrogens is 248 g/mol. The fourth-order valence-electron chi connectivity index (χ4n) is 3.77. The molecule has 2 heterocycles. The van der Waals surface area contributed by atoms with Gasteiger partial charge in [0.2, 0.25) is 10.0 Å². The summed E-state index contributed by atoms with van der Waals surface area (Å²) in [6.07, 6.45) is 6.67. The van der Waals surface area contributed by atoms with Crippen LogP contribution in [0.1, 0.15) is 38.5 Å². The highest BCUT2D eigenvalue weighted by Gasteiger charge is 2.51. The zero-order valence-corrected chi connectivity index (χ0v) is 11.6. The third-order valence-electron chi connectivity index (χ3n) is 5.10. The van der Waals surface area contributed by atoms with Gasteiger partial charge in [0, 0.05) is 31.7 Å². The highest BCUT2D eigenvalue weighted by molar-refractivity contribution is 7.90. The van der Waals surface area contributed by atoms with Gasteiger partial charge in [-0.25, -0.2) is 8.42 Å². The Kier molecular flexibility index (Phi) is 2.55. The van der Waals surface area contributed by atoms with E-state index in [4.69, 9.17) is 0 Å². The van der Waals surface area contributed by atoms with Crippen LogP contribution in [-0.4, -0.2) is 54.6 Å². The molecule has 4 fully saturated rings. The van der Waals surface area contributed by atoms with Crippen LogP contribution in [0.3, 0.4) is 0 Å². The fourth-order valence-corrected chi connectivity index (χ4v) is 5.87. The third-order valence-corrected chi connectivity index (χ3v) is 7.52. The Labute approximate surface area is 109 Å². The lowest BCUT2D eigenvalue weighted by molar-refractivity contribution is 0.239. The van der Waals surface area contributed by atoms with Crippen molar-refractivity contribution in [2.75, 3.05) is 19.6 Å². The SMILES string of the molecule is O=S(=O)(C1CC1)N1CC[C@@H]2[C@@H]1CCN2CC1CC1. The topological polar surface area (TPSA) is 40.6 Å². The van der Waals surface area contributed by atoms with Gasteiger partial charge in [-0.2, -0.15) is 4.31 Å². The molecular formula is C13H22N2O2S. The molecule has 2 saturated heterocycles. The van der Waals surface area contributed by atoms with Gasteiger partial charge in [0.15, 0.2) is 0 Å². The largest absolute Gasteiger partial charge is 0.298 e. The number of likely N-dealkylation sites (tertiary alicyclic amines) is 1. The second kappa shape index (κ2) is 3.93. The van der Waals surface area contributed by atoms with Gasteiger partial charge in [0.25, 0.3) is 0 Å². The summed E-state index contributed by atoms with van der Waals surface area (Å²) in [5.41, 5.74) is 0. The Balaban J connectivity index is 1.49. The summed E-state index contributed by atoms with van der Waals surface area (Å²) >= 11 is 0. The fraction of sp³-hybridized carbons (Fsp3) is 1.00. The van der Waals surface area contributed by atoms with E-state index in [9.17, 15) is 8.42 Å². The average Bonchev–Trinajstić information content (AvgIpc) is 3.21. The molecule has 0 spiro atoms. The maximum Gasteiger partial charge on any atom is 0.217 e. The van der Waals surface area contributed by atoms with E-state index >= 15 is 0 Å². The van der Waals surface area contributed by atoms with Crippen LogP contribution >= 0.6 is 0 Å². The molecule has 0 bridgehead atoms. The lowest BCUT2D eigenvalue weighted by atomic mass is 10.1. The van der Waals surface area contributed by atoms with Crippen molar-refractivity contribution in [1.29, 1.82) is 0 Å². The van der Waals surface area contributed by atoms with Gasteiger partial charge in [-0.05, 0) is 44.4 Å². The van der Waals surface area contributed by atoms with E-state index in [1.807, 2.05) is 4.31 Å². The molecule has 0 N–H and O–H groups in total. The molecule has 5 heteroatoms. The third kappa shape index (κ3) is 1.82. The lowest BCUT2D eigenvalue weighted by Gasteiger charge is -2.25. The minimum atomic E-state index is -2.95. The number of rotatable bonds is 4. The smallest absolute Gasteiger partial charge is 0.217 e. The first-order valence-corrected chi connectivity index (χ1v) is 8.91. The molecule has 2 saturated carbocycles. The van der Waals surface area contributed by atoms with Crippen molar-refractivity contribution >= 4 is 10.0 Å². The van der Waals surface area contributed by atoms with Crippen LogP contribution in [0, 0.1) is 5.92 Å². The van der Waals surface area contributed by atoms with Crippen LogP contribution in [0.5, 0.6) is 0 Å². The molecule has 18 heavy (non-hydrogen) atoms. The number of fused-ring (bicyclic) bond motifs is 1. The standard InChI is InChI=1S/C13H22N2O2S/c16-18(17,11-3-4-11)15-8-6-12-13(15)5-7-14(12)9-10-1-2-10/h10-13H,1-9H2/t12-,13+/m1/s1. The van der Waals surface area contributed by atoms with Gasteiger partial charge < -0.3 is 0 Å². The van der Waals surface area contributed by atoms with Crippen LogP contribution in [0.15, 0.2) is 0 Å². The van der Waals surface area contributed by atoms with Crippen molar-refractivity contribution in [3.05, 3.63) is 0 Å². The Morgan fingerprint density at radius 3 is 2.28 bits per heavy atom. The van der Waals surface area contributed by atoms with Gasteiger partial charge in [-0.3, -0.25) is 4.90 Å². The van der Waals surface area contributed by atoms with E-state index in [1.54, 1.807) is 0 Å². The molecule has 2 atom stereocenters. The van der Waals surface area contributed by atoms with Gasteiger partial charge in [-0.1, -0.05) is 0 Å². The van der Waals surface area contributed by atoms with Gasteiger partial charge >= 0.3 is 0 Å². The Morgan fingerprint density at radius 2 is 1.61 bits per heavy atom. The molecule has 2 aliphatic carbocycles. The van der Waals surface area contributed by atoms with Crippen molar-refractivity contribution in [1.82, 2.24) is 9.21 Å². The highest BCUT2D eigenvalue weighted by Crippen LogP contribution is 2.41. The van der Waals surface area contributed by atoms with Crippen molar-refractivity contribution < 1.29 is 8.42 Å². The minimum absolute atomic E-state index is 0.0336. The summed E-state index contributed by atoms with van der Waals surface area (Å²) in [6, 6.07) is 0.827. The number of sulfonamides is 1. The first-order valence-electron chi connectivity index (χ1n) is 7.41. The lowest BCUT2D eigenvalue weighted by Crippen LogP contribution is -2.41. The van der Waals surface area contributed by atoms with E-state index in [1.165, 1.54) is 19.4 Å². The maximum absolute atomic E-state index is 12.4. The van der Waals surface area contributed by atoms with Gasteiger partial charge in [-0.15, -0.1) is 0 Å². The summed E-state index contributed by atoms with van der Waals surface area (Å²) in [7, 11) is -2.95. The zero-order chi connectivity index (χ0) is 12.3. The summed E-state index contributed by atoms with van der Waals surface area (Å²) in [4.78, 5) is 2.57. The van der Waals surface area contributed by atoms with E-state index in [-0.39, 0.29) is 5.25 Å². The predicted octanol–water partition coefficient (Wildman–Crippen LogP) is 1.04. The first kappa shape index (κ1) is 11.7. The monoisotopic (exact) mass is 270 g/mol. The molecule has 0 aromatic rings. The highest BCUT2D eigenvalue weighted by atomic mass is 32.2. The van der Waals surface area contributed by atoms with E-state index in [2.05, 4.69) is 4.90 Å². The Morgan fingerprint density at radius 1 is 0.889 bits per heavy atom. The zero-order valence-electron chi connectivity index (χ0n) is 10.8. The van der Waals surface area contributed by atoms with Crippen molar-refractivity contribution in [3.8, 4) is 0 Å². The van der Waals surface area contributed by atoms with E-state index < -0.39 is 10.0 Å². The Bertz CT molecular complexity index is 442. The molecule has 4 rings (SSSR count). The number of hydrogen-bond donors (Lipinski definition) is 0. The van der Waals surface area contributed by atoms with Crippen LogP contribution < -0.4 is 0 Å². The number of hydrogen-bond acceptors (Lipinski definition) is 3. The molecule has 4 aliphatic rings. The van der Waals surface area contributed by atoms with Gasteiger partial charge in [0.05, 0.1) is 5.25 Å². The van der Waals surface area contributed by atoms with E-state index in [0.717, 1.165) is 44.7 Å². The summed E-state index contributed by atoms with van der Waals surface area (Å²) in [6.45, 7) is 3.11. The van der Waals surface area contributed by atoms with Crippen LogP contribution in [0.2, 0.25) is 0 Å². The molecule has 0 unspecified atom stereocenters. The second-order valence-corrected chi connectivity index (χ2v) is 8.67. The van der Waals surface area contributed by atoms with Crippen LogP contribution in [0.25, 0.3) is 0 Å². The minimum Gasteiger partial charge on any atom is -0.298 e. The van der Waals surface area contributed by atoms with Crippen LogP contribution in [-0.2, 0) is 10.0 Å². The van der Waals surface area contributed by atoms with Crippen molar-refractivity contribution in [3.63, 3.8) is 0 Å². The summed E-state index contributed by atoms with van der Waals surface area (Å²) in [5.74, 6) is 0.915. The van der Waals surface area contributed by atoms with Crippen molar-refractivity contribution in [2.24, 2.45) is 5.92 Å². The molecule has 102 valence electrons. The average molecular weight is 270 g/mol. The summed E-state index contributed by atoms with van der Waals surface area (Å²) in [5, 5.41) is -0.0336. The summed E-state index contributed by atoms with van der Waals surface area (Å²) < 4.78 is 26.6. The molecule has 4 nitrogen and oxygen atoms in total. The van der Waals surface area contributed by atoms with E-state index in [0.29, 0.717) is 12.1 Å². The van der Waals surface area contributed by atoms with Gasteiger partial charge in [0.1, 0.15) is 0 Å². The second-order valence-electron chi connectivity index (χ2n) is 6.51. The molecule has 2 aliphatic heterocycles. The first-order chi connectivity index (χ1) is 8.66. The molecule has 0 aromatic heterocycles. The normalized spacial score (nSPS) is 38.2. The quantitative estimate of drug-likeness (QED) is 0.766. The van der Waals surface area contributed by atoms with Crippen LogP contribution in [0.4, 0.5) is 0 Å². The van der Waals surface area contributed by atoms with Crippen molar-refractivity contribution in [2.45, 2.75) is 55.9 Å².